The van der Waals surface area contributed by atoms with Crippen LogP contribution in [-0.2, 0) is 18.4 Å². The van der Waals surface area contributed by atoms with Crippen LogP contribution in [0.3, 0.4) is 0 Å². The third-order valence-electron chi connectivity index (χ3n) is 4.39. The summed E-state index contributed by atoms with van der Waals surface area (Å²) in [7, 11) is 1.81. The van der Waals surface area contributed by atoms with E-state index in [1.807, 2.05) is 37.6 Å². The van der Waals surface area contributed by atoms with Crippen LogP contribution >= 0.6 is 11.3 Å². The zero-order chi connectivity index (χ0) is 19.7. The van der Waals surface area contributed by atoms with Crippen LogP contribution in [0, 0.1) is 18.3 Å². The molecule has 6 nitrogen and oxygen atoms in total. The number of aryl methyl sites for hydroxylation is 2. The van der Waals surface area contributed by atoms with Gasteiger partial charge in [0.05, 0.1) is 38.8 Å². The lowest BCUT2D eigenvalue weighted by Crippen LogP contribution is -2.07. The van der Waals surface area contributed by atoms with Gasteiger partial charge in [-0.25, -0.2) is 9.78 Å². The Morgan fingerprint density at radius 3 is 2.89 bits per heavy atom. The van der Waals surface area contributed by atoms with E-state index in [2.05, 4.69) is 16.2 Å². The normalized spacial score (nSPS) is 10.8. The second-order valence-corrected chi connectivity index (χ2v) is 7.28. The summed E-state index contributed by atoms with van der Waals surface area (Å²) in [5.74, 6) is -0.441. The van der Waals surface area contributed by atoms with E-state index in [1.54, 1.807) is 40.3 Å². The number of hydrogen-bond donors (Lipinski definition) is 0. The van der Waals surface area contributed by atoms with E-state index in [-0.39, 0.29) is 6.61 Å². The van der Waals surface area contributed by atoms with Gasteiger partial charge in [0.1, 0.15) is 6.61 Å². The number of thiophene rings is 1. The minimum atomic E-state index is -0.441. The van der Waals surface area contributed by atoms with Crippen LogP contribution in [0.25, 0.3) is 21.6 Å². The monoisotopic (exact) mass is 388 g/mol. The van der Waals surface area contributed by atoms with Gasteiger partial charge in [-0.2, -0.15) is 10.4 Å². The molecule has 0 amide bonds. The van der Waals surface area contributed by atoms with Crippen molar-refractivity contribution < 1.29 is 9.53 Å². The highest BCUT2D eigenvalue weighted by atomic mass is 32.1. The molecule has 0 saturated carbocycles. The zero-order valence-electron chi connectivity index (χ0n) is 15.3. The number of ether oxygens (including phenoxy) is 1. The van der Waals surface area contributed by atoms with Gasteiger partial charge < -0.3 is 4.74 Å². The van der Waals surface area contributed by atoms with Gasteiger partial charge in [-0.1, -0.05) is 18.2 Å². The van der Waals surface area contributed by atoms with Gasteiger partial charge in [0.25, 0.3) is 0 Å². The second-order valence-electron chi connectivity index (χ2n) is 6.33. The molecule has 3 heterocycles. The molecule has 7 heteroatoms. The summed E-state index contributed by atoms with van der Waals surface area (Å²) in [6.45, 7) is 1.94. The molecule has 0 bridgehead atoms. The fraction of sp³-hybridized carbons (Fsp3) is 0.143. The molecule has 0 spiro atoms. The summed E-state index contributed by atoms with van der Waals surface area (Å²) in [5.41, 5.74) is 3.81. The number of pyridine rings is 1. The Bertz CT molecular complexity index is 1220. The van der Waals surface area contributed by atoms with Gasteiger partial charge >= 0.3 is 5.97 Å². The molecule has 0 saturated heterocycles. The molecular formula is C21H16N4O2S. The van der Waals surface area contributed by atoms with Crippen LogP contribution in [0.4, 0.5) is 0 Å². The van der Waals surface area contributed by atoms with E-state index in [0.29, 0.717) is 27.9 Å². The number of hydrogen-bond acceptors (Lipinski definition) is 6. The summed E-state index contributed by atoms with van der Waals surface area (Å²) < 4.78 is 7.22. The molecule has 0 atom stereocenters. The zero-order valence-corrected chi connectivity index (χ0v) is 16.2. The Morgan fingerprint density at radius 2 is 2.14 bits per heavy atom. The van der Waals surface area contributed by atoms with E-state index in [9.17, 15) is 4.79 Å². The van der Waals surface area contributed by atoms with Crippen molar-refractivity contribution in [2.75, 3.05) is 0 Å². The average Bonchev–Trinajstić information content (AvgIpc) is 3.34. The number of nitrogens with zero attached hydrogens (tertiary/aromatic N) is 4. The molecule has 0 fully saturated rings. The first kappa shape index (κ1) is 17.9. The van der Waals surface area contributed by atoms with Crippen LogP contribution in [0.1, 0.15) is 27.2 Å². The number of carbonyl (C=O) groups excluding carboxylic acids is 1. The van der Waals surface area contributed by atoms with E-state index in [1.165, 1.54) is 0 Å². The summed E-state index contributed by atoms with van der Waals surface area (Å²) in [6.07, 6.45) is 0. The standard InChI is InChI=1S/C21H16N4O2S/c1-13-19-16(21(26)27-12-15-6-3-5-14(9-15)11-22)10-17(18-7-4-8-28-18)23-20(19)25(2)24-13/h3-10H,12H2,1-2H3. The predicted octanol–water partition coefficient (Wildman–Crippen LogP) is 4.23. The van der Waals surface area contributed by atoms with Crippen molar-refractivity contribution in [2.45, 2.75) is 13.5 Å². The summed E-state index contributed by atoms with van der Waals surface area (Å²) >= 11 is 1.56. The van der Waals surface area contributed by atoms with Crippen molar-refractivity contribution in [3.05, 3.63) is 70.2 Å². The van der Waals surface area contributed by atoms with Crippen molar-refractivity contribution in [2.24, 2.45) is 7.05 Å². The van der Waals surface area contributed by atoms with Gasteiger partial charge in [-0.15, -0.1) is 11.3 Å². The molecule has 0 N–H and O–H groups in total. The van der Waals surface area contributed by atoms with Gasteiger partial charge in [-0.3, -0.25) is 4.68 Å². The number of fused-ring (bicyclic) bond motifs is 1. The molecule has 3 aromatic heterocycles. The number of carbonyl (C=O) groups is 1. The summed E-state index contributed by atoms with van der Waals surface area (Å²) in [5, 5.41) is 16.1. The minimum Gasteiger partial charge on any atom is -0.457 e. The maximum absolute atomic E-state index is 12.9. The third kappa shape index (κ3) is 3.26. The van der Waals surface area contributed by atoms with E-state index < -0.39 is 5.97 Å². The Balaban J connectivity index is 1.72. The topological polar surface area (TPSA) is 80.8 Å². The summed E-state index contributed by atoms with van der Waals surface area (Å²) in [6, 6.07) is 14.8. The Morgan fingerprint density at radius 1 is 1.29 bits per heavy atom. The van der Waals surface area contributed by atoms with Crippen LogP contribution in [0.2, 0.25) is 0 Å². The smallest absolute Gasteiger partial charge is 0.339 e. The first-order valence-electron chi connectivity index (χ1n) is 8.61. The molecule has 0 radical (unpaired) electrons. The lowest BCUT2D eigenvalue weighted by Gasteiger charge is -2.08. The van der Waals surface area contributed by atoms with Gasteiger partial charge in [-0.05, 0) is 42.1 Å². The van der Waals surface area contributed by atoms with Crippen molar-refractivity contribution >= 4 is 28.3 Å². The lowest BCUT2D eigenvalue weighted by molar-refractivity contribution is 0.0475. The maximum Gasteiger partial charge on any atom is 0.339 e. The van der Waals surface area contributed by atoms with Crippen molar-refractivity contribution in [1.29, 1.82) is 5.26 Å². The average molecular weight is 388 g/mol. The molecule has 0 aliphatic heterocycles. The molecule has 4 aromatic rings. The Labute approximate surface area is 165 Å². The number of aromatic nitrogens is 3. The predicted molar refractivity (Wildman–Crippen MR) is 107 cm³/mol. The fourth-order valence-electron chi connectivity index (χ4n) is 3.11. The first-order valence-corrected chi connectivity index (χ1v) is 9.49. The molecule has 0 aliphatic carbocycles. The molecule has 0 unspecified atom stereocenters. The van der Waals surface area contributed by atoms with Crippen LogP contribution in [-0.4, -0.2) is 20.7 Å². The second kappa shape index (κ2) is 7.25. The largest absolute Gasteiger partial charge is 0.457 e. The van der Waals surface area contributed by atoms with Crippen molar-refractivity contribution in [1.82, 2.24) is 14.8 Å². The van der Waals surface area contributed by atoms with Crippen molar-refractivity contribution in [3.8, 4) is 16.6 Å². The molecule has 0 aliphatic rings. The van der Waals surface area contributed by atoms with Gasteiger partial charge in [0.2, 0.25) is 0 Å². The maximum atomic E-state index is 12.9. The molecule has 138 valence electrons. The lowest BCUT2D eigenvalue weighted by atomic mass is 10.1. The van der Waals surface area contributed by atoms with Gasteiger partial charge in [0.15, 0.2) is 5.65 Å². The quantitative estimate of drug-likeness (QED) is 0.489. The highest BCUT2D eigenvalue weighted by Gasteiger charge is 2.20. The first-order chi connectivity index (χ1) is 13.6. The number of esters is 1. The van der Waals surface area contributed by atoms with Crippen LogP contribution < -0.4 is 0 Å². The molecule has 1 aromatic carbocycles. The van der Waals surface area contributed by atoms with E-state index >= 15 is 0 Å². The molecule has 28 heavy (non-hydrogen) atoms. The van der Waals surface area contributed by atoms with E-state index in [4.69, 9.17) is 10.00 Å². The van der Waals surface area contributed by atoms with Crippen molar-refractivity contribution in [3.63, 3.8) is 0 Å². The van der Waals surface area contributed by atoms with Gasteiger partial charge in [0, 0.05) is 7.05 Å². The number of benzene rings is 1. The molecule has 4 rings (SSSR count). The fourth-order valence-corrected chi connectivity index (χ4v) is 3.80. The number of rotatable bonds is 4. The highest BCUT2D eigenvalue weighted by Crippen LogP contribution is 2.29. The minimum absolute atomic E-state index is 0.0891. The van der Waals surface area contributed by atoms with E-state index in [0.717, 1.165) is 16.1 Å². The molecular weight excluding hydrogens is 372 g/mol. The third-order valence-corrected chi connectivity index (χ3v) is 5.28. The summed E-state index contributed by atoms with van der Waals surface area (Å²) in [4.78, 5) is 18.6. The Hall–Kier alpha value is -3.50. The van der Waals surface area contributed by atoms with Crippen LogP contribution in [0.5, 0.6) is 0 Å². The SMILES string of the molecule is Cc1nn(C)c2nc(-c3cccs3)cc(C(=O)OCc3cccc(C#N)c3)c12. The number of nitriles is 1. The van der Waals surface area contributed by atoms with Crippen LogP contribution in [0.15, 0.2) is 47.8 Å². The highest BCUT2D eigenvalue weighted by molar-refractivity contribution is 7.13. The Kier molecular flexibility index (Phi) is 4.63.